The van der Waals surface area contributed by atoms with Gasteiger partial charge in [-0.15, -0.1) is 0 Å². The normalized spacial score (nSPS) is 18.4. The molecule has 3 nitrogen and oxygen atoms in total. The SMILES string of the molecule is CC1(C)OB(c2ccc(COc3cccc(Cl)c3)c(F)c2)OC1(C)C. The first-order valence-electron chi connectivity index (χ1n) is 8.20. The summed E-state index contributed by atoms with van der Waals surface area (Å²) in [7, 11) is -0.581. The Morgan fingerprint density at radius 1 is 1.04 bits per heavy atom. The van der Waals surface area contributed by atoms with Gasteiger partial charge in [-0.25, -0.2) is 4.39 Å². The van der Waals surface area contributed by atoms with E-state index in [1.54, 1.807) is 30.3 Å². The second-order valence-corrected chi connectivity index (χ2v) is 7.62. The summed E-state index contributed by atoms with van der Waals surface area (Å²) in [6, 6.07) is 12.0. The van der Waals surface area contributed by atoms with Crippen LogP contribution in [-0.4, -0.2) is 18.3 Å². The van der Waals surface area contributed by atoms with E-state index in [9.17, 15) is 4.39 Å². The number of hydrogen-bond donors (Lipinski definition) is 0. The first-order valence-corrected chi connectivity index (χ1v) is 8.58. The second kappa shape index (κ2) is 6.63. The van der Waals surface area contributed by atoms with Crippen molar-refractivity contribution in [1.82, 2.24) is 0 Å². The maximum atomic E-state index is 14.5. The molecule has 0 radical (unpaired) electrons. The van der Waals surface area contributed by atoms with Crippen LogP contribution in [0, 0.1) is 5.82 Å². The molecular formula is C19H21BClFO3. The fourth-order valence-electron chi connectivity index (χ4n) is 2.52. The lowest BCUT2D eigenvalue weighted by atomic mass is 9.79. The lowest BCUT2D eigenvalue weighted by molar-refractivity contribution is 0.00578. The summed E-state index contributed by atoms with van der Waals surface area (Å²) in [5.74, 6) is 0.246. The molecule has 0 atom stereocenters. The molecule has 0 amide bonds. The van der Waals surface area contributed by atoms with E-state index >= 15 is 0 Å². The molecule has 25 heavy (non-hydrogen) atoms. The minimum Gasteiger partial charge on any atom is -0.489 e. The van der Waals surface area contributed by atoms with E-state index < -0.39 is 18.3 Å². The van der Waals surface area contributed by atoms with Crippen LogP contribution in [0.2, 0.25) is 5.02 Å². The molecule has 0 spiro atoms. The highest BCUT2D eigenvalue weighted by Crippen LogP contribution is 2.36. The Morgan fingerprint density at radius 3 is 2.32 bits per heavy atom. The van der Waals surface area contributed by atoms with Crippen LogP contribution in [0.1, 0.15) is 33.3 Å². The van der Waals surface area contributed by atoms with Gasteiger partial charge in [0.1, 0.15) is 18.2 Å². The first-order chi connectivity index (χ1) is 11.7. The van der Waals surface area contributed by atoms with Gasteiger partial charge in [-0.2, -0.15) is 0 Å². The van der Waals surface area contributed by atoms with Gasteiger partial charge in [0.25, 0.3) is 0 Å². The molecule has 1 heterocycles. The van der Waals surface area contributed by atoms with Gasteiger partial charge in [-0.05, 0) is 57.4 Å². The Balaban J connectivity index is 1.71. The molecule has 132 valence electrons. The Hall–Kier alpha value is -1.56. The molecule has 1 aliphatic heterocycles. The molecule has 0 aromatic heterocycles. The smallest absolute Gasteiger partial charge is 0.489 e. The predicted molar refractivity (Wildman–Crippen MR) is 97.9 cm³/mol. The molecular weight excluding hydrogens is 341 g/mol. The number of halogens is 2. The topological polar surface area (TPSA) is 27.7 Å². The van der Waals surface area contributed by atoms with Gasteiger partial charge in [0.15, 0.2) is 0 Å². The van der Waals surface area contributed by atoms with Crippen molar-refractivity contribution in [3.05, 3.63) is 58.9 Å². The van der Waals surface area contributed by atoms with Crippen molar-refractivity contribution >= 4 is 24.2 Å². The van der Waals surface area contributed by atoms with E-state index in [0.29, 0.717) is 21.8 Å². The largest absolute Gasteiger partial charge is 0.494 e. The molecule has 6 heteroatoms. The van der Waals surface area contributed by atoms with Crippen LogP contribution in [0.25, 0.3) is 0 Å². The van der Waals surface area contributed by atoms with Crippen LogP contribution in [0.15, 0.2) is 42.5 Å². The van der Waals surface area contributed by atoms with Gasteiger partial charge >= 0.3 is 7.12 Å². The fourth-order valence-corrected chi connectivity index (χ4v) is 2.70. The summed E-state index contributed by atoms with van der Waals surface area (Å²) >= 11 is 5.92. The summed E-state index contributed by atoms with van der Waals surface area (Å²) in [6.07, 6.45) is 0. The maximum Gasteiger partial charge on any atom is 0.494 e. The van der Waals surface area contributed by atoms with Crippen molar-refractivity contribution in [3.63, 3.8) is 0 Å². The van der Waals surface area contributed by atoms with E-state index in [0.717, 1.165) is 0 Å². The van der Waals surface area contributed by atoms with Crippen LogP contribution in [0.3, 0.4) is 0 Å². The Morgan fingerprint density at radius 2 is 1.72 bits per heavy atom. The Bertz CT molecular complexity index is 763. The van der Waals surface area contributed by atoms with Gasteiger partial charge in [0, 0.05) is 10.6 Å². The molecule has 3 rings (SSSR count). The molecule has 2 aromatic rings. The van der Waals surface area contributed by atoms with Crippen molar-refractivity contribution in [2.75, 3.05) is 0 Å². The Kier molecular flexibility index (Phi) is 4.84. The standard InChI is InChI=1S/C19H21BClFO3/c1-18(2)19(3,4)25-20(24-18)14-9-8-13(17(22)10-14)12-23-16-7-5-6-15(21)11-16/h5-11H,12H2,1-4H3. The fraction of sp³-hybridized carbons (Fsp3) is 0.368. The van der Waals surface area contributed by atoms with E-state index in [1.165, 1.54) is 6.07 Å². The van der Waals surface area contributed by atoms with Crippen molar-refractivity contribution in [2.24, 2.45) is 0 Å². The van der Waals surface area contributed by atoms with Crippen molar-refractivity contribution in [1.29, 1.82) is 0 Å². The highest BCUT2D eigenvalue weighted by molar-refractivity contribution is 6.62. The third-order valence-corrected chi connectivity index (χ3v) is 5.03. The lowest BCUT2D eigenvalue weighted by Crippen LogP contribution is -2.41. The monoisotopic (exact) mass is 362 g/mol. The molecule has 0 aliphatic carbocycles. The molecule has 1 aliphatic rings. The molecule has 0 bridgehead atoms. The van der Waals surface area contributed by atoms with Crippen LogP contribution in [-0.2, 0) is 15.9 Å². The summed E-state index contributed by atoms with van der Waals surface area (Å²) in [5, 5.41) is 0.578. The quantitative estimate of drug-likeness (QED) is 0.757. The molecule has 2 aromatic carbocycles. The highest BCUT2D eigenvalue weighted by Gasteiger charge is 2.51. The average molecular weight is 363 g/mol. The highest BCUT2D eigenvalue weighted by atomic mass is 35.5. The molecule has 0 saturated carbocycles. The zero-order chi connectivity index (χ0) is 18.2. The van der Waals surface area contributed by atoms with Gasteiger partial charge < -0.3 is 14.0 Å². The number of hydrogen-bond acceptors (Lipinski definition) is 3. The van der Waals surface area contributed by atoms with Crippen LogP contribution >= 0.6 is 11.6 Å². The number of benzene rings is 2. The van der Waals surface area contributed by atoms with Crippen molar-refractivity contribution < 1.29 is 18.4 Å². The molecule has 1 saturated heterocycles. The lowest BCUT2D eigenvalue weighted by Gasteiger charge is -2.32. The van der Waals surface area contributed by atoms with Crippen LogP contribution < -0.4 is 10.2 Å². The van der Waals surface area contributed by atoms with E-state index in [2.05, 4.69) is 0 Å². The molecule has 0 N–H and O–H groups in total. The van der Waals surface area contributed by atoms with E-state index in [4.69, 9.17) is 25.6 Å². The van der Waals surface area contributed by atoms with Crippen LogP contribution in [0.5, 0.6) is 5.75 Å². The minimum absolute atomic E-state index is 0.121. The number of rotatable bonds is 4. The van der Waals surface area contributed by atoms with Gasteiger partial charge in [0.05, 0.1) is 11.2 Å². The molecule has 1 fully saturated rings. The zero-order valence-corrected chi connectivity index (χ0v) is 15.6. The zero-order valence-electron chi connectivity index (χ0n) is 14.8. The van der Waals surface area contributed by atoms with Gasteiger partial charge in [-0.1, -0.05) is 29.8 Å². The summed E-state index contributed by atoms with van der Waals surface area (Å²) < 4.78 is 32.0. The van der Waals surface area contributed by atoms with Crippen LogP contribution in [0.4, 0.5) is 4.39 Å². The summed E-state index contributed by atoms with van der Waals surface area (Å²) in [4.78, 5) is 0. The van der Waals surface area contributed by atoms with Gasteiger partial charge in [-0.3, -0.25) is 0 Å². The summed E-state index contributed by atoms with van der Waals surface area (Å²) in [6.45, 7) is 8.00. The van der Waals surface area contributed by atoms with E-state index in [-0.39, 0.29) is 12.4 Å². The molecule has 0 unspecified atom stereocenters. The Labute approximate surface area is 153 Å². The maximum absolute atomic E-state index is 14.5. The van der Waals surface area contributed by atoms with Gasteiger partial charge in [0.2, 0.25) is 0 Å². The van der Waals surface area contributed by atoms with E-state index in [1.807, 2.05) is 33.8 Å². The third kappa shape index (κ3) is 3.84. The minimum atomic E-state index is -0.581. The van der Waals surface area contributed by atoms with Crippen molar-refractivity contribution in [2.45, 2.75) is 45.5 Å². The van der Waals surface area contributed by atoms with Crippen molar-refractivity contribution in [3.8, 4) is 5.75 Å². The number of ether oxygens (including phenoxy) is 1. The second-order valence-electron chi connectivity index (χ2n) is 7.19. The first kappa shape index (κ1) is 18.2. The third-order valence-electron chi connectivity index (χ3n) is 4.79. The summed E-state index contributed by atoms with van der Waals surface area (Å²) in [5.41, 5.74) is 0.202. The predicted octanol–water partition coefficient (Wildman–Crippen LogP) is 4.36. The average Bonchev–Trinajstić information content (AvgIpc) is 2.74.